The first-order valence-corrected chi connectivity index (χ1v) is 7.09. The van der Waals surface area contributed by atoms with Crippen LogP contribution in [-0.2, 0) is 6.54 Å². The molecule has 1 fully saturated rings. The molecule has 1 aliphatic heterocycles. The van der Waals surface area contributed by atoms with E-state index in [0.29, 0.717) is 5.75 Å². The van der Waals surface area contributed by atoms with Crippen LogP contribution >= 0.6 is 15.9 Å². The minimum Gasteiger partial charge on any atom is -0.507 e. The molecule has 0 atom stereocenters. The van der Waals surface area contributed by atoms with Crippen molar-refractivity contribution < 1.29 is 5.11 Å². The highest BCUT2D eigenvalue weighted by Gasteiger charge is 2.30. The number of aromatic hydroxyl groups is 1. The van der Waals surface area contributed by atoms with Crippen LogP contribution in [0.3, 0.4) is 0 Å². The fourth-order valence-corrected chi connectivity index (χ4v) is 2.81. The molecule has 4 heteroatoms. The maximum absolute atomic E-state index is 9.50. The van der Waals surface area contributed by atoms with Gasteiger partial charge >= 0.3 is 0 Å². The number of halogens is 1. The van der Waals surface area contributed by atoms with E-state index in [0.717, 1.165) is 30.7 Å². The molecule has 1 aromatic rings. The molecule has 1 heterocycles. The minimum atomic E-state index is 0.229. The molecule has 3 nitrogen and oxygen atoms in total. The van der Waals surface area contributed by atoms with Gasteiger partial charge in [0, 0.05) is 31.7 Å². The van der Waals surface area contributed by atoms with Crippen LogP contribution in [0.15, 0.2) is 22.7 Å². The normalized spacial score (nSPS) is 21.1. The van der Waals surface area contributed by atoms with Gasteiger partial charge in [-0.2, -0.15) is 0 Å². The minimum absolute atomic E-state index is 0.229. The van der Waals surface area contributed by atoms with Crippen molar-refractivity contribution in [2.75, 3.05) is 26.7 Å². The summed E-state index contributed by atoms with van der Waals surface area (Å²) in [5.74, 6) is 0.303. The van der Waals surface area contributed by atoms with E-state index in [1.807, 2.05) is 12.1 Å². The van der Waals surface area contributed by atoms with Gasteiger partial charge in [0.2, 0.25) is 0 Å². The van der Waals surface area contributed by atoms with Crippen LogP contribution in [0.5, 0.6) is 5.75 Å². The molecular formula is C14H21BrN2O. The summed E-state index contributed by atoms with van der Waals surface area (Å²) in [6.07, 6.45) is 0. The Morgan fingerprint density at radius 2 is 2.06 bits per heavy atom. The van der Waals surface area contributed by atoms with E-state index in [1.165, 1.54) is 5.56 Å². The molecule has 0 saturated carbocycles. The zero-order valence-electron chi connectivity index (χ0n) is 11.3. The van der Waals surface area contributed by atoms with Gasteiger partial charge in [0.1, 0.15) is 5.75 Å². The number of nitrogens with zero attached hydrogens (tertiary/aromatic N) is 2. The molecule has 0 bridgehead atoms. The second kappa shape index (κ2) is 5.19. The summed E-state index contributed by atoms with van der Waals surface area (Å²) in [6.45, 7) is 8.78. The van der Waals surface area contributed by atoms with Crippen molar-refractivity contribution in [1.82, 2.24) is 9.80 Å². The van der Waals surface area contributed by atoms with Crippen LogP contribution < -0.4 is 0 Å². The summed E-state index contributed by atoms with van der Waals surface area (Å²) in [4.78, 5) is 4.88. The summed E-state index contributed by atoms with van der Waals surface area (Å²) >= 11 is 3.37. The highest BCUT2D eigenvalue weighted by atomic mass is 79.9. The highest BCUT2D eigenvalue weighted by molar-refractivity contribution is 9.10. The van der Waals surface area contributed by atoms with Crippen LogP contribution in [0.25, 0.3) is 0 Å². The Bertz CT molecular complexity index is 434. The van der Waals surface area contributed by atoms with Gasteiger partial charge in [0.25, 0.3) is 0 Å². The van der Waals surface area contributed by atoms with E-state index in [-0.39, 0.29) is 5.54 Å². The first-order chi connectivity index (χ1) is 8.38. The smallest absolute Gasteiger partial charge is 0.129 e. The van der Waals surface area contributed by atoms with Gasteiger partial charge in [-0.15, -0.1) is 0 Å². The summed E-state index contributed by atoms with van der Waals surface area (Å²) in [7, 11) is 2.19. The van der Waals surface area contributed by atoms with E-state index in [1.54, 1.807) is 6.07 Å². The van der Waals surface area contributed by atoms with E-state index in [9.17, 15) is 5.11 Å². The van der Waals surface area contributed by atoms with Crippen molar-refractivity contribution >= 4 is 15.9 Å². The van der Waals surface area contributed by atoms with E-state index < -0.39 is 0 Å². The summed E-state index contributed by atoms with van der Waals surface area (Å²) in [6, 6.07) is 5.74. The monoisotopic (exact) mass is 312 g/mol. The standard InChI is InChI=1S/C14H21BrN2O/c1-14(2)10-17(7-6-16(14)3)9-11-4-5-13(18)12(15)8-11/h4-5,8,18H,6-7,9-10H2,1-3H3. The van der Waals surface area contributed by atoms with Gasteiger partial charge < -0.3 is 5.11 Å². The molecule has 1 aliphatic rings. The SMILES string of the molecule is CN1CCN(Cc2ccc(O)c(Br)c2)CC1(C)C. The van der Waals surface area contributed by atoms with E-state index >= 15 is 0 Å². The maximum atomic E-state index is 9.50. The number of hydrogen-bond donors (Lipinski definition) is 1. The number of hydrogen-bond acceptors (Lipinski definition) is 3. The fourth-order valence-electron chi connectivity index (χ4n) is 2.38. The Hall–Kier alpha value is -0.580. The van der Waals surface area contributed by atoms with Crippen LogP contribution in [0.1, 0.15) is 19.4 Å². The first-order valence-electron chi connectivity index (χ1n) is 6.29. The van der Waals surface area contributed by atoms with Crippen molar-refractivity contribution in [1.29, 1.82) is 0 Å². The Labute approximate surface area is 118 Å². The van der Waals surface area contributed by atoms with Crippen molar-refractivity contribution in [3.63, 3.8) is 0 Å². The second-order valence-corrected chi connectivity index (χ2v) is 6.58. The Morgan fingerprint density at radius 1 is 1.33 bits per heavy atom. The van der Waals surface area contributed by atoms with E-state index in [4.69, 9.17) is 0 Å². The molecule has 2 rings (SSSR count). The van der Waals surface area contributed by atoms with Gasteiger partial charge in [-0.3, -0.25) is 9.80 Å². The van der Waals surface area contributed by atoms with Gasteiger partial charge in [0.05, 0.1) is 4.47 Å². The lowest BCUT2D eigenvalue weighted by atomic mass is 9.99. The third-order valence-corrected chi connectivity index (χ3v) is 4.45. The Morgan fingerprint density at radius 3 is 2.67 bits per heavy atom. The third kappa shape index (κ3) is 3.05. The van der Waals surface area contributed by atoms with E-state index in [2.05, 4.69) is 46.6 Å². The molecule has 0 unspecified atom stereocenters. The molecule has 0 aliphatic carbocycles. The maximum Gasteiger partial charge on any atom is 0.129 e. The number of phenols is 1. The zero-order chi connectivity index (χ0) is 13.3. The first kappa shape index (κ1) is 13.8. The Balaban J connectivity index is 2.04. The van der Waals surface area contributed by atoms with Crippen molar-refractivity contribution in [3.05, 3.63) is 28.2 Å². The van der Waals surface area contributed by atoms with Crippen LogP contribution in [0.2, 0.25) is 0 Å². The quantitative estimate of drug-likeness (QED) is 0.909. The number of rotatable bonds is 2. The third-order valence-electron chi connectivity index (χ3n) is 3.81. The number of piperazine rings is 1. The number of benzene rings is 1. The van der Waals surface area contributed by atoms with Gasteiger partial charge in [-0.1, -0.05) is 6.07 Å². The van der Waals surface area contributed by atoms with Crippen LogP contribution in [0, 0.1) is 0 Å². The Kier molecular flexibility index (Phi) is 3.99. The summed E-state index contributed by atoms with van der Waals surface area (Å²) in [5, 5.41) is 9.50. The fraction of sp³-hybridized carbons (Fsp3) is 0.571. The topological polar surface area (TPSA) is 26.7 Å². The number of phenolic OH excluding ortho intramolecular Hbond substituents is 1. The molecule has 0 radical (unpaired) electrons. The number of likely N-dealkylation sites (N-methyl/N-ethyl adjacent to an activating group) is 1. The molecule has 100 valence electrons. The molecule has 0 spiro atoms. The lowest BCUT2D eigenvalue weighted by molar-refractivity contribution is 0.0360. The molecule has 1 N–H and O–H groups in total. The summed E-state index contributed by atoms with van der Waals surface area (Å²) < 4.78 is 0.772. The largest absolute Gasteiger partial charge is 0.507 e. The van der Waals surface area contributed by atoms with Crippen molar-refractivity contribution in [2.24, 2.45) is 0 Å². The molecular weight excluding hydrogens is 292 g/mol. The molecule has 1 aromatic carbocycles. The van der Waals surface area contributed by atoms with Gasteiger partial charge in [0.15, 0.2) is 0 Å². The predicted molar refractivity (Wildman–Crippen MR) is 77.8 cm³/mol. The average Bonchev–Trinajstić information content (AvgIpc) is 2.28. The molecule has 1 saturated heterocycles. The van der Waals surface area contributed by atoms with Crippen molar-refractivity contribution in [2.45, 2.75) is 25.9 Å². The van der Waals surface area contributed by atoms with Crippen LogP contribution in [-0.4, -0.2) is 47.1 Å². The van der Waals surface area contributed by atoms with Crippen LogP contribution in [0.4, 0.5) is 0 Å². The van der Waals surface area contributed by atoms with Crippen molar-refractivity contribution in [3.8, 4) is 5.75 Å². The zero-order valence-corrected chi connectivity index (χ0v) is 12.9. The molecule has 0 aromatic heterocycles. The highest BCUT2D eigenvalue weighted by Crippen LogP contribution is 2.26. The summed E-state index contributed by atoms with van der Waals surface area (Å²) in [5.41, 5.74) is 1.46. The van der Waals surface area contributed by atoms with Gasteiger partial charge in [-0.05, 0) is 54.5 Å². The van der Waals surface area contributed by atoms with Gasteiger partial charge in [-0.25, -0.2) is 0 Å². The molecule has 0 amide bonds. The average molecular weight is 313 g/mol. The molecule has 18 heavy (non-hydrogen) atoms. The second-order valence-electron chi connectivity index (χ2n) is 5.73. The lowest BCUT2D eigenvalue weighted by Gasteiger charge is -2.45. The predicted octanol–water partition coefficient (Wildman–Crippen LogP) is 2.68. The lowest BCUT2D eigenvalue weighted by Crippen LogP contribution is -2.57.